The molecule has 168 valence electrons. The van der Waals surface area contributed by atoms with E-state index in [9.17, 15) is 27.5 Å². The SMILES string of the molecule is O=C(O)c1ccc(-n2cc(C(O)c3c(Cl)cccc3C(F)(F)F)c3c2CCCC3)c(F)c1. The Morgan fingerprint density at radius 1 is 1.12 bits per heavy atom. The predicted octanol–water partition coefficient (Wildman–Crippen LogP) is 5.95. The number of alkyl halides is 3. The summed E-state index contributed by atoms with van der Waals surface area (Å²) in [5.74, 6) is -2.07. The lowest BCUT2D eigenvalue weighted by atomic mass is 9.89. The van der Waals surface area contributed by atoms with Crippen LogP contribution in [0.1, 0.15) is 57.3 Å². The molecule has 0 fully saturated rings. The summed E-state index contributed by atoms with van der Waals surface area (Å²) in [6, 6.07) is 6.75. The van der Waals surface area contributed by atoms with Crippen molar-refractivity contribution in [3.05, 3.63) is 86.9 Å². The molecular weight excluding hydrogens is 450 g/mol. The lowest BCUT2D eigenvalue weighted by Gasteiger charge is -2.21. The fourth-order valence-electron chi connectivity index (χ4n) is 4.26. The summed E-state index contributed by atoms with van der Waals surface area (Å²) in [6.45, 7) is 0. The molecule has 1 aromatic heterocycles. The Bertz CT molecular complexity index is 1200. The van der Waals surface area contributed by atoms with Crippen LogP contribution >= 0.6 is 11.6 Å². The van der Waals surface area contributed by atoms with Crippen molar-refractivity contribution >= 4 is 17.6 Å². The van der Waals surface area contributed by atoms with Crippen molar-refractivity contribution in [3.63, 3.8) is 0 Å². The Labute approximate surface area is 185 Å². The molecule has 2 N–H and O–H groups in total. The number of carboxylic acid groups (broad SMARTS) is 1. The van der Waals surface area contributed by atoms with Crippen molar-refractivity contribution in [3.8, 4) is 5.69 Å². The maximum atomic E-state index is 14.8. The first-order valence-corrected chi connectivity index (χ1v) is 10.3. The summed E-state index contributed by atoms with van der Waals surface area (Å²) in [4.78, 5) is 11.1. The quantitative estimate of drug-likeness (QED) is 0.466. The number of aromatic carboxylic acids is 1. The smallest absolute Gasteiger partial charge is 0.416 e. The third-order valence-corrected chi connectivity index (χ3v) is 6.06. The highest BCUT2D eigenvalue weighted by Gasteiger charge is 2.37. The van der Waals surface area contributed by atoms with Gasteiger partial charge in [0.25, 0.3) is 0 Å². The van der Waals surface area contributed by atoms with Gasteiger partial charge in [0.05, 0.1) is 16.8 Å². The Hall–Kier alpha value is -2.84. The highest BCUT2D eigenvalue weighted by Crippen LogP contribution is 2.42. The molecule has 0 saturated carbocycles. The molecule has 0 radical (unpaired) electrons. The zero-order valence-electron chi connectivity index (χ0n) is 16.6. The summed E-state index contributed by atoms with van der Waals surface area (Å²) in [7, 11) is 0. The summed E-state index contributed by atoms with van der Waals surface area (Å²) in [5.41, 5.74) is -0.104. The van der Waals surface area contributed by atoms with E-state index in [0.717, 1.165) is 25.0 Å². The second-order valence-corrected chi connectivity index (χ2v) is 8.07. The van der Waals surface area contributed by atoms with E-state index in [-0.39, 0.29) is 21.8 Å². The third kappa shape index (κ3) is 3.89. The number of fused-ring (bicyclic) bond motifs is 1. The first-order valence-electron chi connectivity index (χ1n) is 9.89. The lowest BCUT2D eigenvalue weighted by molar-refractivity contribution is -0.139. The van der Waals surface area contributed by atoms with E-state index < -0.39 is 35.2 Å². The molecule has 1 heterocycles. The Kier molecular flexibility index (Phi) is 5.77. The number of carbonyl (C=O) groups is 1. The van der Waals surface area contributed by atoms with E-state index in [2.05, 4.69) is 0 Å². The lowest BCUT2D eigenvalue weighted by Crippen LogP contribution is -2.14. The number of aromatic nitrogens is 1. The summed E-state index contributed by atoms with van der Waals surface area (Å²) in [5, 5.41) is 19.9. The van der Waals surface area contributed by atoms with E-state index in [1.54, 1.807) is 0 Å². The molecule has 0 aliphatic heterocycles. The molecular formula is C23H18ClF4NO3. The predicted molar refractivity (Wildman–Crippen MR) is 110 cm³/mol. The van der Waals surface area contributed by atoms with Crippen molar-refractivity contribution in [2.75, 3.05) is 0 Å². The molecule has 0 spiro atoms. The highest BCUT2D eigenvalue weighted by molar-refractivity contribution is 6.31. The second kappa shape index (κ2) is 8.26. The van der Waals surface area contributed by atoms with Crippen LogP contribution < -0.4 is 0 Å². The van der Waals surface area contributed by atoms with Crippen LogP contribution in [-0.4, -0.2) is 20.7 Å². The van der Waals surface area contributed by atoms with Gasteiger partial charge in [0, 0.05) is 28.0 Å². The summed E-state index contributed by atoms with van der Waals surface area (Å²) >= 11 is 6.08. The van der Waals surface area contributed by atoms with Gasteiger partial charge in [0.15, 0.2) is 0 Å². The molecule has 3 aromatic rings. The van der Waals surface area contributed by atoms with Gasteiger partial charge >= 0.3 is 12.1 Å². The van der Waals surface area contributed by atoms with Crippen molar-refractivity contribution in [1.29, 1.82) is 0 Å². The van der Waals surface area contributed by atoms with Crippen molar-refractivity contribution in [2.45, 2.75) is 38.0 Å². The van der Waals surface area contributed by atoms with Crippen molar-refractivity contribution in [2.24, 2.45) is 0 Å². The molecule has 2 aromatic carbocycles. The van der Waals surface area contributed by atoms with Crippen LogP contribution in [0.15, 0.2) is 42.6 Å². The van der Waals surface area contributed by atoms with Gasteiger partial charge in [0.2, 0.25) is 0 Å². The van der Waals surface area contributed by atoms with Crippen LogP contribution in [0.4, 0.5) is 17.6 Å². The van der Waals surface area contributed by atoms with Gasteiger partial charge in [-0.25, -0.2) is 9.18 Å². The number of aliphatic hydroxyl groups is 1. The number of nitrogens with zero attached hydrogens (tertiary/aromatic N) is 1. The molecule has 1 aliphatic carbocycles. The van der Waals surface area contributed by atoms with E-state index in [1.807, 2.05) is 0 Å². The molecule has 1 atom stereocenters. The Balaban J connectivity index is 1.89. The minimum Gasteiger partial charge on any atom is -0.478 e. The molecule has 4 nitrogen and oxygen atoms in total. The average molecular weight is 468 g/mol. The fourth-order valence-corrected chi connectivity index (χ4v) is 4.54. The zero-order chi connectivity index (χ0) is 23.2. The maximum Gasteiger partial charge on any atom is 0.416 e. The van der Waals surface area contributed by atoms with Gasteiger partial charge in [-0.2, -0.15) is 13.2 Å². The van der Waals surface area contributed by atoms with Gasteiger partial charge < -0.3 is 14.8 Å². The van der Waals surface area contributed by atoms with Crippen LogP contribution in [0.25, 0.3) is 5.69 Å². The van der Waals surface area contributed by atoms with Gasteiger partial charge in [-0.15, -0.1) is 0 Å². The van der Waals surface area contributed by atoms with E-state index >= 15 is 0 Å². The van der Waals surface area contributed by atoms with Crippen molar-refractivity contribution < 1.29 is 32.6 Å². The molecule has 1 aliphatic rings. The first-order chi connectivity index (χ1) is 15.1. The van der Waals surface area contributed by atoms with E-state index in [4.69, 9.17) is 16.7 Å². The van der Waals surface area contributed by atoms with Crippen LogP contribution in [0.3, 0.4) is 0 Å². The molecule has 0 saturated heterocycles. The summed E-state index contributed by atoms with van der Waals surface area (Å²) < 4.78 is 57.0. The summed E-state index contributed by atoms with van der Waals surface area (Å²) in [6.07, 6.45) is -2.36. The van der Waals surface area contributed by atoms with E-state index in [1.165, 1.54) is 35.0 Å². The first kappa shape index (κ1) is 22.4. The monoisotopic (exact) mass is 467 g/mol. The second-order valence-electron chi connectivity index (χ2n) is 7.66. The molecule has 0 bridgehead atoms. The minimum absolute atomic E-state index is 0.0572. The molecule has 32 heavy (non-hydrogen) atoms. The topological polar surface area (TPSA) is 62.5 Å². The van der Waals surface area contributed by atoms with Gasteiger partial charge in [-0.3, -0.25) is 0 Å². The zero-order valence-corrected chi connectivity index (χ0v) is 17.3. The highest BCUT2D eigenvalue weighted by atomic mass is 35.5. The fraction of sp³-hybridized carbons (Fsp3) is 0.261. The van der Waals surface area contributed by atoms with Crippen LogP contribution in [0.5, 0.6) is 0 Å². The molecule has 0 amide bonds. The van der Waals surface area contributed by atoms with E-state index in [0.29, 0.717) is 24.1 Å². The number of hydrogen-bond acceptors (Lipinski definition) is 2. The van der Waals surface area contributed by atoms with Crippen LogP contribution in [-0.2, 0) is 19.0 Å². The number of benzene rings is 2. The van der Waals surface area contributed by atoms with Gasteiger partial charge in [-0.1, -0.05) is 17.7 Å². The molecule has 4 rings (SSSR count). The number of halogens is 5. The normalized spacial score (nSPS) is 14.8. The van der Waals surface area contributed by atoms with Gasteiger partial charge in [0.1, 0.15) is 11.9 Å². The van der Waals surface area contributed by atoms with Gasteiger partial charge in [-0.05, 0) is 61.6 Å². The number of hydrogen-bond donors (Lipinski definition) is 2. The number of aliphatic hydroxyl groups excluding tert-OH is 1. The Morgan fingerprint density at radius 2 is 1.84 bits per heavy atom. The number of rotatable bonds is 4. The Morgan fingerprint density at radius 3 is 2.50 bits per heavy atom. The maximum absolute atomic E-state index is 14.8. The number of carboxylic acids is 1. The largest absolute Gasteiger partial charge is 0.478 e. The van der Waals surface area contributed by atoms with Crippen LogP contribution in [0, 0.1) is 5.82 Å². The average Bonchev–Trinajstić information content (AvgIpc) is 3.12. The minimum atomic E-state index is -4.72. The molecule has 1 unspecified atom stereocenters. The third-order valence-electron chi connectivity index (χ3n) is 5.73. The van der Waals surface area contributed by atoms with Crippen LogP contribution in [0.2, 0.25) is 5.02 Å². The van der Waals surface area contributed by atoms with Crippen molar-refractivity contribution in [1.82, 2.24) is 4.57 Å². The standard InChI is InChI=1S/C23H18ClF4NO3/c24-16-6-3-5-15(23(26,27)28)20(16)21(30)14-11-29(18-7-2-1-4-13(14)18)19-9-8-12(22(31)32)10-17(19)25/h3,5-6,8-11,21,30H,1-2,4,7H2,(H,31,32). The molecule has 9 heteroatoms.